The summed E-state index contributed by atoms with van der Waals surface area (Å²) in [5.74, 6) is -1.39. The Morgan fingerprint density at radius 3 is 2.18 bits per heavy atom. The summed E-state index contributed by atoms with van der Waals surface area (Å²) in [6.45, 7) is 14.0. The summed E-state index contributed by atoms with van der Waals surface area (Å²) in [5.41, 5.74) is 5.43. The Morgan fingerprint density at radius 1 is 1.09 bits per heavy atom. The summed E-state index contributed by atoms with van der Waals surface area (Å²) >= 11 is 0. The monoisotopic (exact) mass is 460 g/mol. The van der Waals surface area contributed by atoms with Gasteiger partial charge in [0.05, 0.1) is 5.71 Å². The van der Waals surface area contributed by atoms with Crippen LogP contribution < -0.4 is 5.73 Å². The largest absolute Gasteiger partial charge is 0.432 e. The van der Waals surface area contributed by atoms with Crippen molar-refractivity contribution in [2.75, 3.05) is 0 Å². The van der Waals surface area contributed by atoms with Gasteiger partial charge in [-0.25, -0.2) is 8.78 Å². The minimum Gasteiger partial charge on any atom is -0.432 e. The third-order valence-electron chi connectivity index (χ3n) is 3.56. The SMILES string of the molecule is CC.CC.CC(C)(C)C=N.N=C(N)/C=C\C(=N)c1c(-c2cc(F)ccc2F)nc2occn12. The van der Waals surface area contributed by atoms with Crippen molar-refractivity contribution in [1.29, 1.82) is 16.2 Å². The van der Waals surface area contributed by atoms with Crippen LogP contribution in [0.5, 0.6) is 0 Å². The highest BCUT2D eigenvalue weighted by Gasteiger charge is 2.21. The summed E-state index contributed by atoms with van der Waals surface area (Å²) < 4.78 is 34.1. The van der Waals surface area contributed by atoms with Gasteiger partial charge in [-0.05, 0) is 35.8 Å². The number of benzene rings is 1. The highest BCUT2D eigenvalue weighted by molar-refractivity contribution is 6.12. The zero-order chi connectivity index (χ0) is 25.8. The Balaban J connectivity index is 0.000000880. The van der Waals surface area contributed by atoms with E-state index in [2.05, 4.69) is 4.98 Å². The number of rotatable bonds is 4. The number of allylic oxidation sites excluding steroid dienone is 1. The fourth-order valence-electron chi connectivity index (χ4n) is 2.16. The Bertz CT molecular complexity index is 1090. The molecule has 0 aliphatic rings. The number of hydrogen-bond acceptors (Lipinski definition) is 5. The topological polar surface area (TPSA) is 128 Å². The van der Waals surface area contributed by atoms with E-state index < -0.39 is 11.6 Å². The third-order valence-corrected chi connectivity index (χ3v) is 3.56. The number of amidine groups is 1. The molecule has 0 spiro atoms. The first-order valence-electron chi connectivity index (χ1n) is 10.6. The molecule has 180 valence electrons. The number of nitrogens with two attached hydrogens (primary N) is 1. The molecule has 2 aromatic heterocycles. The summed E-state index contributed by atoms with van der Waals surface area (Å²) in [7, 11) is 0. The molecule has 0 aliphatic heterocycles. The lowest BCUT2D eigenvalue weighted by molar-refractivity contribution is 0.594. The van der Waals surface area contributed by atoms with Crippen molar-refractivity contribution in [1.82, 2.24) is 9.38 Å². The number of hydrogen-bond donors (Lipinski definition) is 4. The van der Waals surface area contributed by atoms with E-state index in [0.29, 0.717) is 0 Å². The average Bonchev–Trinajstić information content (AvgIpc) is 3.38. The van der Waals surface area contributed by atoms with Crippen LogP contribution in [0, 0.1) is 33.3 Å². The van der Waals surface area contributed by atoms with Crippen LogP contribution in [0.15, 0.2) is 47.2 Å². The number of aromatic nitrogens is 2. The van der Waals surface area contributed by atoms with Crippen LogP contribution in [0.2, 0.25) is 0 Å². The quantitative estimate of drug-likeness (QED) is 0.263. The van der Waals surface area contributed by atoms with Gasteiger partial charge in [0.15, 0.2) is 0 Å². The zero-order valence-electron chi connectivity index (χ0n) is 20.3. The molecule has 0 unspecified atom stereocenters. The van der Waals surface area contributed by atoms with Crippen LogP contribution >= 0.6 is 0 Å². The molecule has 2 heterocycles. The number of nitrogens with one attached hydrogen (secondary N) is 3. The van der Waals surface area contributed by atoms with Crippen molar-refractivity contribution in [3.63, 3.8) is 0 Å². The van der Waals surface area contributed by atoms with Gasteiger partial charge < -0.3 is 15.6 Å². The van der Waals surface area contributed by atoms with Gasteiger partial charge in [-0.15, -0.1) is 0 Å². The van der Waals surface area contributed by atoms with Crippen molar-refractivity contribution < 1.29 is 13.2 Å². The van der Waals surface area contributed by atoms with Gasteiger partial charge in [0.25, 0.3) is 0 Å². The first kappa shape index (κ1) is 29.4. The molecule has 3 aromatic rings. The summed E-state index contributed by atoms with van der Waals surface area (Å²) in [4.78, 5) is 4.12. The van der Waals surface area contributed by atoms with E-state index in [1.807, 2.05) is 48.5 Å². The second kappa shape index (κ2) is 13.7. The van der Waals surface area contributed by atoms with E-state index in [9.17, 15) is 8.78 Å². The number of imidazole rings is 1. The predicted octanol–water partition coefficient (Wildman–Crippen LogP) is 6.47. The number of oxazole rings is 1. The smallest absolute Gasteiger partial charge is 0.306 e. The van der Waals surface area contributed by atoms with Crippen molar-refractivity contribution in [2.45, 2.75) is 48.5 Å². The minimum atomic E-state index is -0.670. The fraction of sp³-hybridized carbons (Fsp3) is 0.333. The van der Waals surface area contributed by atoms with Crippen LogP contribution in [-0.4, -0.2) is 27.1 Å². The zero-order valence-corrected chi connectivity index (χ0v) is 20.3. The van der Waals surface area contributed by atoms with Crippen LogP contribution in [0.3, 0.4) is 0 Å². The van der Waals surface area contributed by atoms with Gasteiger partial charge in [-0.3, -0.25) is 15.2 Å². The highest BCUT2D eigenvalue weighted by Crippen LogP contribution is 2.28. The lowest BCUT2D eigenvalue weighted by Crippen LogP contribution is -2.07. The lowest BCUT2D eigenvalue weighted by Gasteiger charge is -2.06. The normalized spacial score (nSPS) is 10.3. The van der Waals surface area contributed by atoms with E-state index in [1.54, 1.807) is 0 Å². The van der Waals surface area contributed by atoms with E-state index in [-0.39, 0.29) is 39.8 Å². The van der Waals surface area contributed by atoms with Gasteiger partial charge >= 0.3 is 5.84 Å². The van der Waals surface area contributed by atoms with E-state index in [1.165, 1.54) is 35.2 Å². The van der Waals surface area contributed by atoms with Crippen LogP contribution in [-0.2, 0) is 0 Å². The molecule has 3 rings (SSSR count). The first-order chi connectivity index (χ1) is 15.5. The Kier molecular flexibility index (Phi) is 12.2. The molecule has 0 saturated heterocycles. The Labute approximate surface area is 193 Å². The standard InChI is InChI=1S/C15H11F2N5O.C5H11N.2C2H6/c16-8-1-2-10(17)9(7-8)13-14(11(18)3-4-12(19)20)22-5-6-23-15(22)21-13;1-5(2,3)4-6;2*1-2/h1-7,18H,(H3,19,20);4,6H,1-3H3;2*1-2H3/b4-3-,18-11?;;;. The maximum atomic E-state index is 14.1. The van der Waals surface area contributed by atoms with Gasteiger partial charge in [-0.2, -0.15) is 4.98 Å². The molecule has 5 N–H and O–H groups in total. The van der Waals surface area contributed by atoms with E-state index in [0.717, 1.165) is 18.2 Å². The molecule has 0 atom stereocenters. The maximum Gasteiger partial charge on any atom is 0.306 e. The van der Waals surface area contributed by atoms with Gasteiger partial charge in [0.2, 0.25) is 0 Å². The molecular formula is C24H34F2N6O. The number of halogens is 2. The molecule has 0 radical (unpaired) electrons. The minimum absolute atomic E-state index is 0.0690. The molecule has 1 aromatic carbocycles. The fourth-order valence-corrected chi connectivity index (χ4v) is 2.16. The van der Waals surface area contributed by atoms with E-state index in [4.69, 9.17) is 26.4 Å². The molecule has 0 aliphatic carbocycles. The van der Waals surface area contributed by atoms with Crippen LogP contribution in [0.25, 0.3) is 17.1 Å². The number of nitrogens with zero attached hydrogens (tertiary/aromatic N) is 2. The highest BCUT2D eigenvalue weighted by atomic mass is 19.1. The lowest BCUT2D eigenvalue weighted by atomic mass is 10.00. The van der Waals surface area contributed by atoms with Crippen molar-refractivity contribution in [3.05, 3.63) is 60.1 Å². The van der Waals surface area contributed by atoms with Crippen molar-refractivity contribution in [3.8, 4) is 11.3 Å². The second-order valence-corrected chi connectivity index (χ2v) is 7.20. The van der Waals surface area contributed by atoms with Gasteiger partial charge in [0, 0.05) is 18.0 Å². The molecule has 7 nitrogen and oxygen atoms in total. The van der Waals surface area contributed by atoms with Gasteiger partial charge in [0.1, 0.15) is 35.1 Å². The second-order valence-electron chi connectivity index (χ2n) is 7.20. The van der Waals surface area contributed by atoms with Crippen molar-refractivity contribution >= 4 is 23.6 Å². The van der Waals surface area contributed by atoms with Gasteiger partial charge in [-0.1, -0.05) is 48.5 Å². The number of fused-ring (bicyclic) bond motifs is 1. The molecule has 9 heteroatoms. The molecule has 0 bridgehead atoms. The molecule has 0 saturated carbocycles. The summed E-state index contributed by atoms with van der Waals surface area (Å²) in [6.07, 6.45) is 6.80. The third kappa shape index (κ3) is 8.80. The first-order valence-corrected chi connectivity index (χ1v) is 10.6. The summed E-state index contributed by atoms with van der Waals surface area (Å²) in [6, 6.07) is 2.99. The molecule has 0 amide bonds. The average molecular weight is 461 g/mol. The summed E-state index contributed by atoms with van der Waals surface area (Å²) in [5, 5.41) is 22.0. The predicted molar refractivity (Wildman–Crippen MR) is 132 cm³/mol. The van der Waals surface area contributed by atoms with Crippen LogP contribution in [0.1, 0.15) is 54.2 Å². The van der Waals surface area contributed by atoms with Crippen LogP contribution in [0.4, 0.5) is 8.78 Å². The van der Waals surface area contributed by atoms with E-state index >= 15 is 0 Å². The maximum absolute atomic E-state index is 14.1. The Morgan fingerprint density at radius 2 is 1.67 bits per heavy atom. The van der Waals surface area contributed by atoms with Crippen molar-refractivity contribution in [2.24, 2.45) is 11.1 Å². The Hall–Kier alpha value is -3.62. The molecule has 33 heavy (non-hydrogen) atoms. The molecular weight excluding hydrogens is 426 g/mol. The molecule has 0 fully saturated rings.